The number of hydrogen-bond acceptors (Lipinski definition) is 4. The molecule has 3 aromatic rings. The van der Waals surface area contributed by atoms with Crippen LogP contribution in [0.15, 0.2) is 60.8 Å². The minimum absolute atomic E-state index is 0.213. The first-order valence-electron chi connectivity index (χ1n) is 8.35. The number of amides is 1. The van der Waals surface area contributed by atoms with Crippen LogP contribution in [0.1, 0.15) is 12.5 Å². The van der Waals surface area contributed by atoms with Gasteiger partial charge < -0.3 is 14.8 Å². The summed E-state index contributed by atoms with van der Waals surface area (Å²) < 4.78 is 10.7. The summed E-state index contributed by atoms with van der Waals surface area (Å²) >= 11 is 0. The number of nitrogens with one attached hydrogen (secondary N) is 1. The highest BCUT2D eigenvalue weighted by Crippen LogP contribution is 2.30. The number of pyridine rings is 1. The van der Waals surface area contributed by atoms with Crippen molar-refractivity contribution in [1.82, 2.24) is 4.98 Å². The van der Waals surface area contributed by atoms with E-state index < -0.39 is 0 Å². The van der Waals surface area contributed by atoms with Gasteiger partial charge >= 0.3 is 0 Å². The Hall–Kier alpha value is -3.34. The number of anilines is 1. The Balaban J connectivity index is 1.78. The summed E-state index contributed by atoms with van der Waals surface area (Å²) in [7, 11) is 1.62. The van der Waals surface area contributed by atoms with Gasteiger partial charge in [0.1, 0.15) is 17.0 Å². The van der Waals surface area contributed by atoms with Gasteiger partial charge in [-0.3, -0.25) is 9.78 Å². The molecule has 0 fully saturated rings. The van der Waals surface area contributed by atoms with Gasteiger partial charge in [-0.1, -0.05) is 12.1 Å². The number of hydrogen-bond donors (Lipinski definition) is 1. The molecular weight excluding hydrogens is 328 g/mol. The minimum atomic E-state index is -0.213. The van der Waals surface area contributed by atoms with Crippen molar-refractivity contribution in [1.29, 1.82) is 0 Å². The predicted octanol–water partition coefficient (Wildman–Crippen LogP) is 4.29. The number of fused-ring (bicyclic) bond motifs is 1. The molecule has 0 aliphatic rings. The van der Waals surface area contributed by atoms with Crippen LogP contribution in [0.2, 0.25) is 0 Å². The molecule has 1 N–H and O–H groups in total. The van der Waals surface area contributed by atoms with Crippen molar-refractivity contribution in [3.8, 4) is 11.5 Å². The van der Waals surface area contributed by atoms with Crippen LogP contribution in [0.25, 0.3) is 17.0 Å². The second kappa shape index (κ2) is 8.16. The third kappa shape index (κ3) is 4.00. The highest BCUT2D eigenvalue weighted by atomic mass is 16.5. The fraction of sp³-hybridized carbons (Fsp3) is 0.143. The van der Waals surface area contributed by atoms with Crippen LogP contribution < -0.4 is 14.8 Å². The van der Waals surface area contributed by atoms with Crippen LogP contribution in [-0.4, -0.2) is 24.6 Å². The van der Waals surface area contributed by atoms with E-state index in [4.69, 9.17) is 9.47 Å². The summed E-state index contributed by atoms with van der Waals surface area (Å²) in [6.45, 7) is 2.48. The molecular formula is C21H20N2O3. The van der Waals surface area contributed by atoms with Crippen LogP contribution in [0.5, 0.6) is 11.5 Å². The molecule has 0 spiro atoms. The van der Waals surface area contributed by atoms with Crippen LogP contribution in [0.3, 0.4) is 0 Å². The number of rotatable bonds is 6. The zero-order valence-corrected chi connectivity index (χ0v) is 14.7. The Morgan fingerprint density at radius 3 is 2.69 bits per heavy atom. The van der Waals surface area contributed by atoms with Crippen molar-refractivity contribution in [3.63, 3.8) is 0 Å². The van der Waals surface area contributed by atoms with Crippen molar-refractivity contribution in [2.75, 3.05) is 19.0 Å². The summed E-state index contributed by atoms with van der Waals surface area (Å²) in [4.78, 5) is 16.7. The molecule has 0 unspecified atom stereocenters. The molecule has 2 aromatic carbocycles. The lowest BCUT2D eigenvalue weighted by atomic mass is 10.1. The van der Waals surface area contributed by atoms with Crippen molar-refractivity contribution < 1.29 is 14.3 Å². The lowest BCUT2D eigenvalue weighted by Gasteiger charge is -2.11. The van der Waals surface area contributed by atoms with E-state index in [0.29, 0.717) is 18.0 Å². The van der Waals surface area contributed by atoms with Gasteiger partial charge in [0.2, 0.25) is 5.91 Å². The third-order valence-electron chi connectivity index (χ3n) is 3.83. The largest absolute Gasteiger partial charge is 0.497 e. The van der Waals surface area contributed by atoms with Crippen molar-refractivity contribution >= 4 is 28.6 Å². The SMILES string of the molecule is CCOc1ccc(NC(=O)C=Cc2ccc(OC)cc2)c2cccnc12. The maximum absolute atomic E-state index is 12.3. The number of carbonyl (C=O) groups is 1. The van der Waals surface area contributed by atoms with Gasteiger partial charge in [-0.25, -0.2) is 0 Å². The molecule has 0 saturated heterocycles. The smallest absolute Gasteiger partial charge is 0.248 e. The molecule has 1 amide bonds. The van der Waals surface area contributed by atoms with Gasteiger partial charge in [0, 0.05) is 17.7 Å². The van der Waals surface area contributed by atoms with Gasteiger partial charge in [-0.15, -0.1) is 0 Å². The average Bonchev–Trinajstić information content (AvgIpc) is 2.69. The maximum Gasteiger partial charge on any atom is 0.248 e. The highest BCUT2D eigenvalue weighted by Gasteiger charge is 2.09. The molecule has 5 nitrogen and oxygen atoms in total. The molecule has 26 heavy (non-hydrogen) atoms. The van der Waals surface area contributed by atoms with Crippen molar-refractivity contribution in [3.05, 3.63) is 66.4 Å². The molecule has 0 aliphatic heterocycles. The van der Waals surface area contributed by atoms with E-state index in [9.17, 15) is 4.79 Å². The van der Waals surface area contributed by atoms with E-state index in [1.807, 2.05) is 55.5 Å². The fourth-order valence-electron chi connectivity index (χ4n) is 2.59. The number of ether oxygens (including phenoxy) is 2. The number of methoxy groups -OCH3 is 1. The van der Waals surface area contributed by atoms with Crippen LogP contribution in [-0.2, 0) is 4.79 Å². The van der Waals surface area contributed by atoms with Gasteiger partial charge in [-0.2, -0.15) is 0 Å². The Bertz CT molecular complexity index is 934. The summed E-state index contributed by atoms with van der Waals surface area (Å²) in [5.41, 5.74) is 2.34. The lowest BCUT2D eigenvalue weighted by Crippen LogP contribution is -2.08. The first kappa shape index (κ1) is 17.5. The number of nitrogens with zero attached hydrogens (tertiary/aromatic N) is 1. The summed E-state index contributed by atoms with van der Waals surface area (Å²) in [6.07, 6.45) is 4.96. The van der Waals surface area contributed by atoms with E-state index in [1.54, 1.807) is 19.4 Å². The minimum Gasteiger partial charge on any atom is -0.497 e. The highest BCUT2D eigenvalue weighted by molar-refractivity contribution is 6.07. The fourth-order valence-corrected chi connectivity index (χ4v) is 2.59. The molecule has 5 heteroatoms. The second-order valence-corrected chi connectivity index (χ2v) is 5.54. The Kier molecular flexibility index (Phi) is 5.49. The van der Waals surface area contributed by atoms with E-state index in [1.165, 1.54) is 6.08 Å². The molecule has 1 aromatic heterocycles. The van der Waals surface area contributed by atoms with Gasteiger partial charge in [0.15, 0.2) is 0 Å². The van der Waals surface area contributed by atoms with Gasteiger partial charge in [0.05, 0.1) is 19.4 Å². The van der Waals surface area contributed by atoms with Gasteiger partial charge in [-0.05, 0) is 55.0 Å². The standard InChI is InChI=1S/C21H20N2O3/c1-3-26-19-12-11-18(17-5-4-14-22-21(17)19)23-20(24)13-8-15-6-9-16(25-2)10-7-15/h4-14H,3H2,1-2H3,(H,23,24). The van der Waals surface area contributed by atoms with E-state index in [-0.39, 0.29) is 5.91 Å². The maximum atomic E-state index is 12.3. The van der Waals surface area contributed by atoms with Gasteiger partial charge in [0.25, 0.3) is 0 Å². The molecule has 0 aliphatic carbocycles. The van der Waals surface area contributed by atoms with E-state index >= 15 is 0 Å². The molecule has 1 heterocycles. The first-order valence-corrected chi connectivity index (χ1v) is 8.35. The Labute approximate surface area is 152 Å². The number of benzene rings is 2. The van der Waals surface area contributed by atoms with E-state index in [2.05, 4.69) is 10.3 Å². The van der Waals surface area contributed by atoms with Crippen LogP contribution in [0, 0.1) is 0 Å². The zero-order chi connectivity index (χ0) is 18.4. The average molecular weight is 348 g/mol. The van der Waals surface area contributed by atoms with E-state index in [0.717, 1.165) is 22.2 Å². The molecule has 0 radical (unpaired) electrons. The molecule has 0 bridgehead atoms. The topological polar surface area (TPSA) is 60.5 Å². The van der Waals surface area contributed by atoms with Crippen molar-refractivity contribution in [2.24, 2.45) is 0 Å². The molecule has 3 rings (SSSR count). The normalized spacial score (nSPS) is 10.8. The Morgan fingerprint density at radius 1 is 1.15 bits per heavy atom. The zero-order valence-electron chi connectivity index (χ0n) is 14.7. The third-order valence-corrected chi connectivity index (χ3v) is 3.83. The lowest BCUT2D eigenvalue weighted by molar-refractivity contribution is -0.111. The van der Waals surface area contributed by atoms with Crippen LogP contribution >= 0.6 is 0 Å². The number of carbonyl (C=O) groups excluding carboxylic acids is 1. The quantitative estimate of drug-likeness (QED) is 0.675. The predicted molar refractivity (Wildman–Crippen MR) is 104 cm³/mol. The van der Waals surface area contributed by atoms with Crippen molar-refractivity contribution in [2.45, 2.75) is 6.92 Å². The Morgan fingerprint density at radius 2 is 1.96 bits per heavy atom. The monoisotopic (exact) mass is 348 g/mol. The summed E-state index contributed by atoms with van der Waals surface area (Å²) in [5.74, 6) is 1.27. The summed E-state index contributed by atoms with van der Waals surface area (Å²) in [6, 6.07) is 14.9. The van der Waals surface area contributed by atoms with Crippen LogP contribution in [0.4, 0.5) is 5.69 Å². The first-order chi connectivity index (χ1) is 12.7. The number of aromatic nitrogens is 1. The second-order valence-electron chi connectivity index (χ2n) is 5.54. The molecule has 0 saturated carbocycles. The summed E-state index contributed by atoms with van der Waals surface area (Å²) in [5, 5.41) is 3.74. The molecule has 132 valence electrons. The molecule has 0 atom stereocenters.